The van der Waals surface area contributed by atoms with Crippen LogP contribution in [0.3, 0.4) is 0 Å². The van der Waals surface area contributed by atoms with E-state index in [2.05, 4.69) is 5.32 Å². The lowest BCUT2D eigenvalue weighted by molar-refractivity contribution is -0.146. The van der Waals surface area contributed by atoms with Crippen LogP contribution in [0.25, 0.3) is 71.9 Å². The molecule has 35 nitrogen and oxygen atoms in total. The molecule has 0 aliphatic carbocycles. The maximum Gasteiger partial charge on any atom is 0.431 e. The third kappa shape index (κ3) is 23.2. The number of carboxylic acid groups (broad SMARTS) is 1. The van der Waals surface area contributed by atoms with Crippen molar-refractivity contribution in [2.45, 2.75) is 53.1 Å². The summed E-state index contributed by atoms with van der Waals surface area (Å²) in [5.41, 5.74) is -3.20. The number of amides is 1. The standard InChI is InChI=1S/C17H13F3N2O5.C15H9F3N2O5.C14H9F3N2O3.C14H15NO5.2C11H11NO3.C7H5NO/c1-3-26-15(24)14-13(9-6-4-5-7-10(9)27-14)22-12(23)8-11(17(18,19)20)21(2)16(22)25;1-19-9(15(16,17)18)6-10(21)20(14(19)24)11-7-4-2-3-5-8(7)25-12(11)13(22)23;1-18-11(14(15,16)17)6-12(20)19(13(18)21)9-7-22-10-5-3-2-4-8(9)10;1-3-18-13(16)12-11(15-14(17)19-4-2)9-7-5-6-8-10(9)20-12;1-2-14-11(13)10-9(12)7-5-3-4-6-8(7)15-10;1-2-14-11(13)8-15-10-6-4-3-5-9(10)7-12;8-5-6-3-1-2-4-7(6)9/h4-8H,3H2,1-2H3;2-6H,1H3,(H,22,23);2-7H,1H3;5-8H,3-4H2,1-2H3,(H,15,17);3-6H,2,12H2,1H3;3-6H,2,8H2,1H3;1-4,9H. The summed E-state index contributed by atoms with van der Waals surface area (Å²) in [6.45, 7) is 9.28. The number of aromatic nitrogens is 6. The smallest absolute Gasteiger partial charge is 0.431 e. The Labute approximate surface area is 739 Å². The molecule has 8 aromatic heterocycles. The number of nitriles is 2. The van der Waals surface area contributed by atoms with Crippen molar-refractivity contribution in [1.29, 1.82) is 10.5 Å². The molecule has 0 bridgehead atoms. The molecular weight excluding hydrogens is 1780 g/mol. The number of benzene rings is 7. The summed E-state index contributed by atoms with van der Waals surface area (Å²) in [6, 6.07) is 50.7. The van der Waals surface area contributed by atoms with Crippen LogP contribution in [-0.2, 0) is 68.2 Å². The lowest BCUT2D eigenvalue weighted by Gasteiger charge is -2.13. The van der Waals surface area contributed by atoms with Crippen LogP contribution in [0.5, 0.6) is 11.5 Å². The average Bonchev–Trinajstić information content (AvgIpc) is 1.56. The number of carbonyl (C=O) groups excluding carboxylic acids is 5. The van der Waals surface area contributed by atoms with E-state index in [0.717, 1.165) is 26.5 Å². The summed E-state index contributed by atoms with van der Waals surface area (Å²) in [6.07, 6.45) is -14.1. The number of nitrogens with zero attached hydrogens (tertiary/aromatic N) is 8. The number of anilines is 2. The van der Waals surface area contributed by atoms with Crippen molar-refractivity contribution in [2.75, 3.05) is 50.7 Å². The molecular formula is C89H73F9N10O25. The number of alkyl halides is 9. The lowest BCUT2D eigenvalue weighted by Crippen LogP contribution is -2.41. The van der Waals surface area contributed by atoms with Gasteiger partial charge < -0.3 is 66.5 Å². The minimum Gasteiger partial charge on any atom is -0.507 e. The molecule has 0 saturated heterocycles. The number of fused-ring (bicyclic) bond motifs is 5. The van der Waals surface area contributed by atoms with E-state index >= 15 is 0 Å². The predicted octanol–water partition coefficient (Wildman–Crippen LogP) is 14.9. The summed E-state index contributed by atoms with van der Waals surface area (Å²) >= 11 is 0. The van der Waals surface area contributed by atoms with E-state index in [4.69, 9.17) is 71.9 Å². The van der Waals surface area contributed by atoms with Gasteiger partial charge in [-0.05, 0) is 120 Å². The van der Waals surface area contributed by atoms with Crippen LogP contribution in [0, 0.1) is 22.7 Å². The van der Waals surface area contributed by atoms with Crippen molar-refractivity contribution in [1.82, 2.24) is 27.4 Å². The molecule has 44 heteroatoms. The zero-order chi connectivity index (χ0) is 97.7. The van der Waals surface area contributed by atoms with Crippen LogP contribution in [0.4, 0.5) is 55.7 Å². The van der Waals surface area contributed by atoms with Crippen LogP contribution in [-0.4, -0.2) is 113 Å². The molecule has 0 radical (unpaired) electrons. The number of nitrogen functional groups attached to an aromatic ring is 1. The first-order valence-electron chi connectivity index (χ1n) is 38.8. The van der Waals surface area contributed by atoms with Gasteiger partial charge >= 0.3 is 71.5 Å². The van der Waals surface area contributed by atoms with Crippen molar-refractivity contribution in [2.24, 2.45) is 21.1 Å². The molecule has 5 N–H and O–H groups in total. The highest BCUT2D eigenvalue weighted by molar-refractivity contribution is 6.09. The third-order valence-corrected chi connectivity index (χ3v) is 18.1. The first-order chi connectivity index (χ1) is 63.1. The number of furan rings is 5. The molecule has 0 aliphatic rings. The summed E-state index contributed by atoms with van der Waals surface area (Å²) in [7, 11) is 2.68. The van der Waals surface area contributed by atoms with Gasteiger partial charge in [0.15, 0.2) is 6.61 Å². The number of halogens is 9. The first kappa shape index (κ1) is 99.4. The highest BCUT2D eigenvalue weighted by atomic mass is 19.4. The molecule has 8 heterocycles. The second-order valence-corrected chi connectivity index (χ2v) is 26.6. The molecule has 0 saturated carbocycles. The number of ether oxygens (including phenoxy) is 6. The topological polar surface area (TPSA) is 482 Å². The number of carbonyl (C=O) groups is 6. The van der Waals surface area contributed by atoms with Gasteiger partial charge in [-0.15, -0.1) is 0 Å². The molecule has 0 atom stereocenters. The number of carboxylic acids is 1. The fraction of sp³-hybridized carbons (Fsp3) is 0.191. The van der Waals surface area contributed by atoms with Gasteiger partial charge in [-0.25, -0.2) is 56.9 Å². The molecule has 15 rings (SSSR count). The zero-order valence-corrected chi connectivity index (χ0v) is 70.6. The Hall–Kier alpha value is -17.4. The van der Waals surface area contributed by atoms with Crippen molar-refractivity contribution in [3.63, 3.8) is 0 Å². The number of para-hydroxylation sites is 7. The van der Waals surface area contributed by atoms with Crippen molar-refractivity contribution >= 4 is 102 Å². The number of phenols is 1. The highest BCUT2D eigenvalue weighted by Crippen LogP contribution is 2.36. The fourth-order valence-corrected chi connectivity index (χ4v) is 12.2. The minimum absolute atomic E-state index is 0.00472. The SMILES string of the molecule is CCOC(=O)COc1ccccc1C#N.CCOC(=O)Nc1c(C(=O)OCC)oc2ccccc12.CCOC(=O)c1oc2ccccc2c1-n1c(=O)cc(C(F)(F)F)n(C)c1=O.CCOC(=O)c1oc2ccccc2c1N.Cn1c(C(F)(F)F)cc(=O)n(-c2c(C(=O)O)oc3ccccc23)c1=O.Cn1c(C(F)(F)F)cc(=O)n(-c2coc3ccccc23)c1=O.N#Cc1ccccc1O. The fourth-order valence-electron chi connectivity index (χ4n) is 12.2. The van der Waals surface area contributed by atoms with Crippen LogP contribution in [0.2, 0.25) is 0 Å². The van der Waals surface area contributed by atoms with Crippen molar-refractivity contribution < 1.29 is 129 Å². The Balaban J connectivity index is 0.000000178. The lowest BCUT2D eigenvalue weighted by atomic mass is 10.2. The van der Waals surface area contributed by atoms with E-state index < -0.39 is 123 Å². The van der Waals surface area contributed by atoms with Gasteiger partial charge in [-0.1, -0.05) is 84.9 Å². The first-order valence-corrected chi connectivity index (χ1v) is 38.8. The number of aromatic hydroxyl groups is 1. The Bertz CT molecular complexity index is 7350. The van der Waals surface area contributed by atoms with Gasteiger partial charge in [0.1, 0.15) is 92.0 Å². The van der Waals surface area contributed by atoms with Gasteiger partial charge in [0.05, 0.1) is 55.5 Å². The van der Waals surface area contributed by atoms with Crippen LogP contribution in [0.1, 0.15) is 105 Å². The van der Waals surface area contributed by atoms with Crippen molar-refractivity contribution in [3.05, 3.63) is 308 Å². The van der Waals surface area contributed by atoms with Gasteiger partial charge in [-0.2, -0.15) is 50.0 Å². The summed E-state index contributed by atoms with van der Waals surface area (Å²) < 4.78 is 174. The summed E-state index contributed by atoms with van der Waals surface area (Å²) in [4.78, 5) is 143. The van der Waals surface area contributed by atoms with E-state index in [1.54, 1.807) is 150 Å². The van der Waals surface area contributed by atoms with E-state index in [1.807, 2.05) is 24.3 Å². The molecule has 0 fully saturated rings. The second kappa shape index (κ2) is 43.4. The highest BCUT2D eigenvalue weighted by Gasteiger charge is 2.39. The molecule has 692 valence electrons. The number of nitrogens with one attached hydrogen (secondary N) is 1. The van der Waals surface area contributed by atoms with Gasteiger partial charge in [0.2, 0.25) is 23.0 Å². The molecule has 0 aliphatic heterocycles. The van der Waals surface area contributed by atoms with Crippen LogP contribution in [0.15, 0.2) is 245 Å². The molecule has 0 spiro atoms. The second-order valence-electron chi connectivity index (χ2n) is 26.6. The Kier molecular flexibility index (Phi) is 32.5. The Morgan fingerprint density at radius 1 is 0.429 bits per heavy atom. The van der Waals surface area contributed by atoms with Crippen molar-refractivity contribution in [3.8, 4) is 40.7 Å². The quantitative estimate of drug-likeness (QED) is 0.0396. The molecule has 133 heavy (non-hydrogen) atoms. The van der Waals surface area contributed by atoms with Gasteiger partial charge in [0.25, 0.3) is 16.7 Å². The third-order valence-electron chi connectivity index (χ3n) is 18.1. The number of nitrogens with two attached hydrogens (primary N) is 1. The monoisotopic (exact) mass is 1850 g/mol. The molecule has 1 amide bonds. The van der Waals surface area contributed by atoms with Gasteiger partial charge in [-0.3, -0.25) is 33.4 Å². The number of esters is 4. The maximum atomic E-state index is 13.0. The number of aromatic carboxylic acids is 1. The normalized spacial score (nSPS) is 10.9. The molecule has 7 aromatic carbocycles. The average molecular weight is 1850 g/mol. The number of phenolic OH excluding ortho intramolecular Hbond substituents is 1. The minimum atomic E-state index is -4.92. The largest absolute Gasteiger partial charge is 0.507 e. The van der Waals surface area contributed by atoms with E-state index in [1.165, 1.54) is 48.7 Å². The Morgan fingerprint density at radius 2 is 0.782 bits per heavy atom. The zero-order valence-electron chi connectivity index (χ0n) is 70.6. The summed E-state index contributed by atoms with van der Waals surface area (Å²) in [5.74, 6) is -4.80. The summed E-state index contributed by atoms with van der Waals surface area (Å²) in [5, 5.41) is 39.8. The van der Waals surface area contributed by atoms with Crippen LogP contribution < -0.4 is 49.5 Å². The van der Waals surface area contributed by atoms with Gasteiger partial charge in [0, 0.05) is 66.3 Å². The molecule has 15 aromatic rings. The number of hydrogen-bond acceptors (Lipinski definition) is 27. The Morgan fingerprint density at radius 3 is 1.23 bits per heavy atom. The molecule has 0 unspecified atom stereocenters. The number of rotatable bonds is 16. The van der Waals surface area contributed by atoms with E-state index in [-0.39, 0.29) is 104 Å². The maximum absolute atomic E-state index is 13.0. The predicted molar refractivity (Wildman–Crippen MR) is 455 cm³/mol. The van der Waals surface area contributed by atoms with Crippen LogP contribution >= 0.6 is 0 Å². The van der Waals surface area contributed by atoms with E-state index in [0.29, 0.717) is 87.6 Å². The van der Waals surface area contributed by atoms with E-state index in [9.17, 15) is 102 Å². The number of hydrogen-bond donors (Lipinski definition) is 4.